The van der Waals surface area contributed by atoms with Crippen LogP contribution in [0.4, 0.5) is 0 Å². The molecule has 1 amide bonds. The number of amides is 1. The average Bonchev–Trinajstić information content (AvgIpc) is 3.58. The van der Waals surface area contributed by atoms with E-state index in [1.807, 2.05) is 30.8 Å². The minimum Gasteiger partial charge on any atom is -0.451 e. The van der Waals surface area contributed by atoms with Crippen LogP contribution in [0.25, 0.3) is 5.57 Å². The van der Waals surface area contributed by atoms with Gasteiger partial charge in [0, 0.05) is 49.5 Å². The number of nitrogens with one attached hydrogen (secondary N) is 1. The van der Waals surface area contributed by atoms with E-state index >= 15 is 0 Å². The van der Waals surface area contributed by atoms with Crippen LogP contribution in [0.2, 0.25) is 0 Å². The molecule has 0 unspecified atom stereocenters. The highest BCUT2D eigenvalue weighted by Crippen LogP contribution is 2.49. The fraction of sp³-hybridized carbons (Fsp3) is 0.577. The molecule has 1 aliphatic carbocycles. The molecule has 1 saturated heterocycles. The average molecular weight is 482 g/mol. The number of aliphatic hydroxyl groups is 1. The van der Waals surface area contributed by atoms with Crippen molar-refractivity contribution in [3.05, 3.63) is 58.2 Å². The van der Waals surface area contributed by atoms with Crippen molar-refractivity contribution in [3.8, 4) is 0 Å². The lowest BCUT2D eigenvalue weighted by Gasteiger charge is -2.38. The Bertz CT molecular complexity index is 1140. The summed E-state index contributed by atoms with van der Waals surface area (Å²) in [7, 11) is 4.02. The summed E-state index contributed by atoms with van der Waals surface area (Å²) >= 11 is 0. The number of nitrogens with zero attached hydrogens (tertiary/aromatic N) is 4. The molecule has 0 spiro atoms. The van der Waals surface area contributed by atoms with Crippen LogP contribution in [-0.4, -0.2) is 70.2 Å². The molecule has 2 aromatic rings. The molecule has 0 radical (unpaired) electrons. The van der Waals surface area contributed by atoms with Gasteiger partial charge in [-0.25, -0.2) is 4.98 Å². The summed E-state index contributed by atoms with van der Waals surface area (Å²) in [6.45, 7) is 2.28. The molecule has 188 valence electrons. The van der Waals surface area contributed by atoms with Gasteiger partial charge in [0.05, 0.1) is 17.7 Å². The minimum atomic E-state index is -0.457. The van der Waals surface area contributed by atoms with Crippen LogP contribution in [0, 0.1) is 11.8 Å². The summed E-state index contributed by atoms with van der Waals surface area (Å²) < 4.78 is 7.04. The van der Waals surface area contributed by atoms with Crippen molar-refractivity contribution in [2.75, 3.05) is 33.8 Å². The van der Waals surface area contributed by atoms with Gasteiger partial charge in [0.1, 0.15) is 6.26 Å². The third-order valence-electron chi connectivity index (χ3n) is 7.77. The lowest BCUT2D eigenvalue weighted by Crippen LogP contribution is -2.46. The maximum atomic E-state index is 13.6. The van der Waals surface area contributed by atoms with Gasteiger partial charge in [-0.2, -0.15) is 0 Å². The number of aliphatic hydroxyl groups excluding tert-OH is 1. The summed E-state index contributed by atoms with van der Waals surface area (Å²) in [5, 5.41) is 13.6. The zero-order valence-corrected chi connectivity index (χ0v) is 20.5. The topological polar surface area (TPSA) is 104 Å². The fourth-order valence-electron chi connectivity index (χ4n) is 6.13. The van der Waals surface area contributed by atoms with E-state index in [9.17, 15) is 14.7 Å². The lowest BCUT2D eigenvalue weighted by atomic mass is 9.86. The molecule has 9 heteroatoms. The van der Waals surface area contributed by atoms with E-state index in [1.165, 1.54) is 6.39 Å². The van der Waals surface area contributed by atoms with Crippen molar-refractivity contribution in [1.29, 1.82) is 0 Å². The number of pyridine rings is 1. The zero-order chi connectivity index (χ0) is 24.5. The van der Waals surface area contributed by atoms with E-state index in [2.05, 4.69) is 26.2 Å². The Morgan fingerprint density at radius 3 is 2.89 bits per heavy atom. The monoisotopic (exact) mass is 481 g/mol. The van der Waals surface area contributed by atoms with E-state index in [4.69, 9.17) is 4.42 Å². The summed E-state index contributed by atoms with van der Waals surface area (Å²) in [5.74, 6) is -0.806. The minimum absolute atomic E-state index is 0.00969. The SMILES string of the molecule is CN(C)CCCNC(=O)[C@@H]1[C@@H](CO)[C@@H]2Cn3c(ccc(C4=CCCC4)c3=O)[C@H]1N2Cc1cocn1. The summed E-state index contributed by atoms with van der Waals surface area (Å²) in [4.78, 5) is 35.7. The Morgan fingerprint density at radius 1 is 1.34 bits per heavy atom. The molecule has 5 rings (SSSR count). The van der Waals surface area contributed by atoms with Crippen LogP contribution in [-0.2, 0) is 17.9 Å². The van der Waals surface area contributed by atoms with Crippen LogP contribution in [0.3, 0.4) is 0 Å². The normalized spacial score (nSPS) is 25.7. The van der Waals surface area contributed by atoms with Crippen LogP contribution in [0.1, 0.15) is 48.7 Å². The highest BCUT2D eigenvalue weighted by atomic mass is 16.3. The second-order valence-corrected chi connectivity index (χ2v) is 10.2. The molecule has 2 aromatic heterocycles. The van der Waals surface area contributed by atoms with Crippen molar-refractivity contribution in [1.82, 2.24) is 24.7 Å². The molecule has 2 N–H and O–H groups in total. The van der Waals surface area contributed by atoms with Gasteiger partial charge in [0.25, 0.3) is 5.56 Å². The van der Waals surface area contributed by atoms with E-state index in [1.54, 1.807) is 6.26 Å². The van der Waals surface area contributed by atoms with Crippen molar-refractivity contribution < 1.29 is 14.3 Å². The Morgan fingerprint density at radius 2 is 2.20 bits per heavy atom. The van der Waals surface area contributed by atoms with Gasteiger partial charge in [-0.3, -0.25) is 14.5 Å². The summed E-state index contributed by atoms with van der Waals surface area (Å²) in [6.07, 6.45) is 9.04. The number of carbonyl (C=O) groups excluding carboxylic acids is 1. The van der Waals surface area contributed by atoms with Gasteiger partial charge in [0.2, 0.25) is 5.91 Å². The standard InChI is InChI=1S/C26H35N5O4/c1-29(2)11-5-10-27-25(33)23-20(14-32)22-13-31-21(24(23)30(22)12-18-15-35-16-28-18)9-8-19(26(31)34)17-6-3-4-7-17/h6,8-9,15-16,20,22-24,32H,3-5,7,10-14H2,1-2H3,(H,27,33)/t20-,22-,23+,24+/m0/s1. The number of hydrogen-bond donors (Lipinski definition) is 2. The first-order valence-corrected chi connectivity index (χ1v) is 12.6. The lowest BCUT2D eigenvalue weighted by molar-refractivity contribution is -0.127. The van der Waals surface area contributed by atoms with Crippen LogP contribution in [0.5, 0.6) is 0 Å². The Kier molecular flexibility index (Phi) is 6.91. The quantitative estimate of drug-likeness (QED) is 0.525. The molecule has 0 saturated carbocycles. The van der Waals surface area contributed by atoms with Gasteiger partial charge in [-0.1, -0.05) is 6.08 Å². The maximum Gasteiger partial charge on any atom is 0.258 e. The highest BCUT2D eigenvalue weighted by molar-refractivity contribution is 5.80. The van der Waals surface area contributed by atoms with Gasteiger partial charge in [-0.05, 0) is 64.0 Å². The molecule has 9 nitrogen and oxygen atoms in total. The number of fused-ring (bicyclic) bond motifs is 4. The maximum absolute atomic E-state index is 13.6. The first kappa shape index (κ1) is 24.0. The second-order valence-electron chi connectivity index (χ2n) is 10.2. The summed E-state index contributed by atoms with van der Waals surface area (Å²) in [6, 6.07) is 3.46. The third kappa shape index (κ3) is 4.48. The Labute approximate surface area is 205 Å². The summed E-state index contributed by atoms with van der Waals surface area (Å²) in [5.41, 5.74) is 3.50. The van der Waals surface area contributed by atoms with E-state index in [-0.39, 0.29) is 36.1 Å². The predicted molar refractivity (Wildman–Crippen MR) is 131 cm³/mol. The number of carbonyl (C=O) groups is 1. The molecule has 3 aliphatic rings. The van der Waals surface area contributed by atoms with Gasteiger partial charge in [0.15, 0.2) is 6.39 Å². The molecule has 35 heavy (non-hydrogen) atoms. The fourth-order valence-corrected chi connectivity index (χ4v) is 6.13. The number of rotatable bonds is 9. The smallest absolute Gasteiger partial charge is 0.258 e. The van der Waals surface area contributed by atoms with Crippen molar-refractivity contribution in [2.24, 2.45) is 11.8 Å². The molecular formula is C26H35N5O4. The number of allylic oxidation sites excluding steroid dienone is 2. The van der Waals surface area contributed by atoms with Crippen LogP contribution in [0.15, 0.2) is 40.1 Å². The predicted octanol–water partition coefficient (Wildman–Crippen LogP) is 1.64. The van der Waals surface area contributed by atoms with Crippen molar-refractivity contribution in [3.63, 3.8) is 0 Å². The van der Waals surface area contributed by atoms with Crippen LogP contribution >= 0.6 is 0 Å². The van der Waals surface area contributed by atoms with E-state index < -0.39 is 5.92 Å². The van der Waals surface area contributed by atoms with Crippen LogP contribution < -0.4 is 10.9 Å². The molecule has 4 heterocycles. The van der Waals surface area contributed by atoms with Crippen molar-refractivity contribution in [2.45, 2.75) is 50.9 Å². The molecule has 2 bridgehead atoms. The zero-order valence-electron chi connectivity index (χ0n) is 20.5. The molecule has 1 fully saturated rings. The number of hydrogen-bond acceptors (Lipinski definition) is 7. The highest BCUT2D eigenvalue weighted by Gasteiger charge is 2.55. The van der Waals surface area contributed by atoms with E-state index in [0.29, 0.717) is 19.6 Å². The van der Waals surface area contributed by atoms with Gasteiger partial charge >= 0.3 is 0 Å². The first-order valence-electron chi connectivity index (χ1n) is 12.6. The molecule has 2 aliphatic heterocycles. The molecular weight excluding hydrogens is 446 g/mol. The molecule has 0 aromatic carbocycles. The Balaban J connectivity index is 1.50. The Hall–Kier alpha value is -2.75. The number of oxazole rings is 1. The van der Waals surface area contributed by atoms with Crippen molar-refractivity contribution >= 4 is 11.5 Å². The first-order chi connectivity index (χ1) is 17.0. The number of aromatic nitrogens is 2. The second kappa shape index (κ2) is 10.1. The third-order valence-corrected chi connectivity index (χ3v) is 7.77. The van der Waals surface area contributed by atoms with Gasteiger partial charge < -0.3 is 24.3 Å². The molecule has 4 atom stereocenters. The van der Waals surface area contributed by atoms with E-state index in [0.717, 1.165) is 54.8 Å². The van der Waals surface area contributed by atoms with Gasteiger partial charge in [-0.15, -0.1) is 0 Å². The largest absolute Gasteiger partial charge is 0.451 e.